The van der Waals surface area contributed by atoms with Crippen molar-refractivity contribution in [3.8, 4) is 5.75 Å². The van der Waals surface area contributed by atoms with E-state index in [1.807, 2.05) is 19.9 Å². The van der Waals surface area contributed by atoms with E-state index in [0.717, 1.165) is 4.90 Å². The molecule has 0 radical (unpaired) electrons. The highest BCUT2D eigenvalue weighted by molar-refractivity contribution is 5.98. The van der Waals surface area contributed by atoms with Gasteiger partial charge in [-0.25, -0.2) is 22.8 Å². The van der Waals surface area contributed by atoms with Crippen LogP contribution in [0.3, 0.4) is 0 Å². The number of benzene rings is 3. The summed E-state index contributed by atoms with van der Waals surface area (Å²) in [6, 6.07) is 7.71. The standard InChI is InChI=1S/C69H99F5N10O15/c1-15-39(8)59(47(96-13)34-49(86)84-33-21-25-46(84)61(97-14)40(9)63(89)77-41(10)60(88)43-22-17-16-18-23-43)82(11)67(93)57(37(4)5)81-66(92)58(38(6)7)83(12)69(95)98-35-42-28-30-44(31-29-42)78-64(90)45(24-20-32-76-68(75)94)79-65(91)56(36(2)3)80-48(85)26-19-27-50(87)99-62-54(73)52(71)51(70)53(72)55(62)74/h16-18,22-23,28-31,36-41,45-47,56-61,88H,15,19-21,24-27,32-35H2,1-14H3,(H,77,89)(H,78,90)(H,79,91)(H,80,85)(H,81,92)(H3,75,76,94)/t39-,40+,41+,45-,46-,47+,56-,57-,58-,59-,60+,61+/m0/s1. The third-order valence-corrected chi connectivity index (χ3v) is 17.7. The normalized spacial score (nSPS) is 16.4. The number of ether oxygens (including phenoxy) is 4. The summed E-state index contributed by atoms with van der Waals surface area (Å²) in [7, 11) is 5.97. The van der Waals surface area contributed by atoms with Crippen molar-refractivity contribution in [2.24, 2.45) is 35.3 Å². The number of methoxy groups -OCH3 is 2. The zero-order valence-corrected chi connectivity index (χ0v) is 58.8. The summed E-state index contributed by atoms with van der Waals surface area (Å²) in [6.07, 6.45) is -3.05. The first-order valence-electron chi connectivity index (χ1n) is 33.2. The van der Waals surface area contributed by atoms with Crippen LogP contribution in [0.4, 0.5) is 37.2 Å². The number of anilines is 1. The number of aliphatic hydroxyl groups excluding tert-OH is 1. The number of carbonyl (C=O) groups excluding carboxylic acids is 10. The average molecular weight is 1400 g/mol. The molecular weight excluding hydrogens is 1300 g/mol. The monoisotopic (exact) mass is 1400 g/mol. The van der Waals surface area contributed by atoms with Gasteiger partial charge < -0.3 is 71.5 Å². The van der Waals surface area contributed by atoms with Crippen LogP contribution < -0.4 is 42.4 Å². The minimum Gasteiger partial charge on any atom is -0.445 e. The van der Waals surface area contributed by atoms with Crippen molar-refractivity contribution in [1.29, 1.82) is 0 Å². The van der Waals surface area contributed by atoms with Crippen LogP contribution in [-0.4, -0.2) is 175 Å². The van der Waals surface area contributed by atoms with Crippen molar-refractivity contribution in [3.05, 3.63) is 94.8 Å². The number of nitrogens with two attached hydrogens (primary N) is 1. The van der Waals surface area contributed by atoms with Crippen LogP contribution in [0.5, 0.6) is 5.75 Å². The van der Waals surface area contributed by atoms with Crippen LogP contribution in [0, 0.1) is 58.7 Å². The molecule has 12 atom stereocenters. The fourth-order valence-corrected chi connectivity index (χ4v) is 11.9. The van der Waals surface area contributed by atoms with Gasteiger partial charge in [0.05, 0.1) is 48.8 Å². The Hall–Kier alpha value is -8.51. The number of likely N-dealkylation sites (N-methyl/N-ethyl adjacent to an activating group) is 2. The van der Waals surface area contributed by atoms with Gasteiger partial charge in [-0.3, -0.25) is 43.3 Å². The fraction of sp³-hybridized carbons (Fsp3) is 0.594. The zero-order valence-electron chi connectivity index (χ0n) is 58.8. The van der Waals surface area contributed by atoms with Crippen molar-refractivity contribution < 1.29 is 94.0 Å². The summed E-state index contributed by atoms with van der Waals surface area (Å²) in [5, 5.41) is 27.0. The minimum atomic E-state index is -2.45. The molecule has 10 amide bonds. The predicted molar refractivity (Wildman–Crippen MR) is 355 cm³/mol. The van der Waals surface area contributed by atoms with Gasteiger partial charge >= 0.3 is 18.1 Å². The third-order valence-electron chi connectivity index (χ3n) is 17.7. The van der Waals surface area contributed by atoms with Crippen LogP contribution in [0.15, 0.2) is 54.6 Å². The highest BCUT2D eigenvalue weighted by Crippen LogP contribution is 2.32. The maximum absolute atomic E-state index is 14.8. The Morgan fingerprint density at radius 1 is 0.687 bits per heavy atom. The van der Waals surface area contributed by atoms with Crippen molar-refractivity contribution in [2.45, 2.75) is 194 Å². The number of halogens is 5. The maximum atomic E-state index is 14.8. The second-order valence-corrected chi connectivity index (χ2v) is 26.0. The second kappa shape index (κ2) is 39.3. The number of carbonyl (C=O) groups is 10. The molecule has 550 valence electrons. The van der Waals surface area contributed by atoms with Crippen LogP contribution >= 0.6 is 0 Å². The first kappa shape index (κ1) is 82.9. The highest BCUT2D eigenvalue weighted by atomic mass is 19.2. The van der Waals surface area contributed by atoms with Gasteiger partial charge in [-0.1, -0.05) is 111 Å². The van der Waals surface area contributed by atoms with Gasteiger partial charge in [0.1, 0.15) is 30.8 Å². The molecular formula is C69H99F5N10O15. The van der Waals surface area contributed by atoms with Gasteiger partial charge in [0, 0.05) is 59.9 Å². The van der Waals surface area contributed by atoms with Crippen molar-refractivity contribution in [3.63, 3.8) is 0 Å². The molecule has 1 saturated heterocycles. The van der Waals surface area contributed by atoms with E-state index in [1.54, 1.807) is 104 Å². The number of hydrogen-bond acceptors (Lipinski definition) is 15. The number of urea groups is 1. The summed E-state index contributed by atoms with van der Waals surface area (Å²) in [4.78, 5) is 140. The molecule has 9 N–H and O–H groups in total. The quantitative estimate of drug-likeness (QED) is 0.00715. The molecule has 99 heavy (non-hydrogen) atoms. The largest absolute Gasteiger partial charge is 0.445 e. The molecule has 1 aliphatic heterocycles. The molecule has 3 aromatic carbocycles. The fourth-order valence-electron chi connectivity index (χ4n) is 11.9. The van der Waals surface area contributed by atoms with Gasteiger partial charge in [-0.2, -0.15) is 8.78 Å². The first-order chi connectivity index (χ1) is 46.6. The van der Waals surface area contributed by atoms with Gasteiger partial charge in [-0.15, -0.1) is 0 Å². The SMILES string of the molecule is CC[C@H](C)[C@@H]([C@@H](CC(=O)N1CCC[C@H]1[C@H](OC)[C@@H](C)C(=O)N[C@H](C)[C@@H](O)c1ccccc1)OC)N(C)C(=O)[C@@H](NC(=O)[C@H](C(C)C)N(C)C(=O)OCc1ccc(NC(=O)[C@H](CCCNC(N)=O)NC(=O)[C@@H](NC(=O)CCCC(=O)Oc2c(F)c(F)c(F)c(F)c2F)C(C)C)cc1)C(C)C. The molecule has 0 saturated carbocycles. The lowest BCUT2D eigenvalue weighted by Gasteiger charge is -2.41. The summed E-state index contributed by atoms with van der Waals surface area (Å²) < 4.78 is 90.7. The van der Waals surface area contributed by atoms with Crippen LogP contribution in [0.2, 0.25) is 0 Å². The number of nitrogens with zero attached hydrogens (tertiary/aromatic N) is 3. The van der Waals surface area contributed by atoms with E-state index in [0.29, 0.717) is 36.9 Å². The number of primary amides is 1. The van der Waals surface area contributed by atoms with Crippen LogP contribution in [0.1, 0.15) is 144 Å². The van der Waals surface area contributed by atoms with Gasteiger partial charge in [0.25, 0.3) is 0 Å². The van der Waals surface area contributed by atoms with Crippen molar-refractivity contribution in [2.75, 3.05) is 46.7 Å². The number of esters is 1. The average Bonchev–Trinajstić information content (AvgIpc) is 1.54. The molecule has 3 aromatic rings. The molecule has 4 rings (SSSR count). The number of rotatable bonds is 37. The van der Waals surface area contributed by atoms with E-state index < -0.39 is 180 Å². The Morgan fingerprint density at radius 2 is 1.29 bits per heavy atom. The van der Waals surface area contributed by atoms with Crippen molar-refractivity contribution >= 4 is 65.1 Å². The van der Waals surface area contributed by atoms with Gasteiger partial charge in [0.15, 0.2) is 0 Å². The molecule has 0 aliphatic carbocycles. The molecule has 1 aliphatic rings. The molecule has 1 fully saturated rings. The summed E-state index contributed by atoms with van der Waals surface area (Å²) in [5.41, 5.74) is 6.55. The van der Waals surface area contributed by atoms with E-state index in [2.05, 4.69) is 36.6 Å². The third kappa shape index (κ3) is 23.3. The Bertz CT molecular complexity index is 3220. The topological polar surface area (TPSA) is 336 Å². The molecule has 30 heteroatoms. The number of amides is 10. The van der Waals surface area contributed by atoms with E-state index >= 15 is 0 Å². The number of hydrogen-bond donors (Lipinski definition) is 8. The molecule has 0 aromatic heterocycles. The smallest absolute Gasteiger partial charge is 0.410 e. The Kier molecular flexibility index (Phi) is 32.9. The Morgan fingerprint density at radius 3 is 1.85 bits per heavy atom. The lowest BCUT2D eigenvalue weighted by Crippen LogP contribution is -2.60. The second-order valence-electron chi connectivity index (χ2n) is 26.0. The lowest BCUT2D eigenvalue weighted by molar-refractivity contribution is -0.148. The minimum absolute atomic E-state index is 0.0164. The summed E-state index contributed by atoms with van der Waals surface area (Å²) in [5.74, 6) is -21.5. The molecule has 0 bridgehead atoms. The summed E-state index contributed by atoms with van der Waals surface area (Å²) in [6.45, 7) is 17.6. The molecule has 1 heterocycles. The van der Waals surface area contributed by atoms with Crippen LogP contribution in [0.25, 0.3) is 0 Å². The van der Waals surface area contributed by atoms with Gasteiger partial charge in [0.2, 0.25) is 76.2 Å². The number of likely N-dealkylation sites (tertiary alicyclic amines) is 1. The molecule has 0 spiro atoms. The molecule has 25 nitrogen and oxygen atoms in total. The maximum Gasteiger partial charge on any atom is 0.410 e. The Balaban J connectivity index is 1.38. The Labute approximate surface area is 575 Å². The first-order valence-corrected chi connectivity index (χ1v) is 33.2. The molecule has 0 unspecified atom stereocenters. The van der Waals surface area contributed by atoms with Crippen LogP contribution in [-0.2, 0) is 59.2 Å². The van der Waals surface area contributed by atoms with E-state index in [4.69, 9.17) is 19.9 Å². The summed E-state index contributed by atoms with van der Waals surface area (Å²) >= 11 is 0. The van der Waals surface area contributed by atoms with E-state index in [1.165, 1.54) is 38.3 Å². The highest BCUT2D eigenvalue weighted by Gasteiger charge is 2.44. The predicted octanol–water partition coefficient (Wildman–Crippen LogP) is 7.06. The van der Waals surface area contributed by atoms with Crippen molar-refractivity contribution in [1.82, 2.24) is 41.3 Å². The van der Waals surface area contributed by atoms with E-state index in [-0.39, 0.29) is 62.3 Å². The lowest BCUT2D eigenvalue weighted by atomic mass is 9.89. The number of nitrogens with one attached hydrogen (secondary N) is 6. The van der Waals surface area contributed by atoms with Gasteiger partial charge in [-0.05, 0) is 86.0 Å². The number of aliphatic hydroxyl groups is 1. The zero-order chi connectivity index (χ0) is 74.3. The van der Waals surface area contributed by atoms with E-state index in [9.17, 15) is 75.0 Å².